The zero-order valence-corrected chi connectivity index (χ0v) is 16.4. The van der Waals surface area contributed by atoms with Crippen LogP contribution in [0.4, 0.5) is 0 Å². The third-order valence-corrected chi connectivity index (χ3v) is 7.16. The van der Waals surface area contributed by atoms with Gasteiger partial charge in [0.05, 0.1) is 23.1 Å². The number of rotatable bonds is 6. The molecule has 1 aliphatic heterocycles. The fourth-order valence-corrected chi connectivity index (χ4v) is 4.83. The fraction of sp³-hybridized carbons (Fsp3) is 0.562. The standard InChI is InChI=1S/C16H22N4O4S2/c1-3-26(22,23)20-8-4-6-12(10-20)16(21)19(2)11-14-17-15(18-24-14)13-7-5-9-25-13/h5,7,9,12H,3-4,6,8,10-11H2,1-2H3. The Kier molecular flexibility index (Phi) is 5.73. The second kappa shape index (κ2) is 7.85. The number of thiophene rings is 1. The van der Waals surface area contributed by atoms with Gasteiger partial charge in [-0.2, -0.15) is 4.98 Å². The van der Waals surface area contributed by atoms with E-state index in [1.807, 2.05) is 17.5 Å². The van der Waals surface area contributed by atoms with E-state index in [1.54, 1.807) is 14.0 Å². The highest BCUT2D eigenvalue weighted by Gasteiger charge is 2.33. The lowest BCUT2D eigenvalue weighted by atomic mass is 9.98. The van der Waals surface area contributed by atoms with E-state index in [1.165, 1.54) is 20.5 Å². The third-order valence-electron chi connectivity index (χ3n) is 4.45. The van der Waals surface area contributed by atoms with Crippen LogP contribution >= 0.6 is 11.3 Å². The Morgan fingerprint density at radius 3 is 3.00 bits per heavy atom. The van der Waals surface area contributed by atoms with Gasteiger partial charge in [0.1, 0.15) is 0 Å². The van der Waals surface area contributed by atoms with Crippen LogP contribution < -0.4 is 0 Å². The van der Waals surface area contributed by atoms with E-state index in [0.717, 1.165) is 4.88 Å². The Bertz CT molecular complexity index is 847. The summed E-state index contributed by atoms with van der Waals surface area (Å²) in [5.74, 6) is 0.482. The molecule has 0 bridgehead atoms. The smallest absolute Gasteiger partial charge is 0.246 e. The first-order valence-corrected chi connectivity index (χ1v) is 11.0. The van der Waals surface area contributed by atoms with Crippen molar-refractivity contribution in [2.24, 2.45) is 5.92 Å². The van der Waals surface area contributed by atoms with Gasteiger partial charge in [-0.15, -0.1) is 11.3 Å². The van der Waals surface area contributed by atoms with E-state index < -0.39 is 10.0 Å². The number of aromatic nitrogens is 2. The Labute approximate surface area is 156 Å². The Hall–Kier alpha value is -1.78. The summed E-state index contributed by atoms with van der Waals surface area (Å²) in [4.78, 5) is 19.5. The molecule has 10 heteroatoms. The molecule has 1 aliphatic rings. The largest absolute Gasteiger partial charge is 0.337 e. The molecule has 0 aliphatic carbocycles. The van der Waals surface area contributed by atoms with Crippen LogP contribution in [0.3, 0.4) is 0 Å². The molecular formula is C16H22N4O4S2. The van der Waals surface area contributed by atoms with Gasteiger partial charge in [0.25, 0.3) is 0 Å². The molecule has 3 rings (SSSR count). The number of carbonyl (C=O) groups is 1. The van der Waals surface area contributed by atoms with Crippen LogP contribution in [0.2, 0.25) is 0 Å². The number of nitrogens with zero attached hydrogens (tertiary/aromatic N) is 4. The topological polar surface area (TPSA) is 96.6 Å². The minimum atomic E-state index is -3.27. The van der Waals surface area contributed by atoms with Crippen LogP contribution in [-0.2, 0) is 21.4 Å². The molecule has 0 aromatic carbocycles. The number of carbonyl (C=O) groups excluding carboxylic acids is 1. The summed E-state index contributed by atoms with van der Waals surface area (Å²) in [7, 11) is -1.60. The van der Waals surface area contributed by atoms with Crippen molar-refractivity contribution in [3.63, 3.8) is 0 Å². The molecule has 0 spiro atoms. The van der Waals surface area contributed by atoms with Crippen molar-refractivity contribution in [1.82, 2.24) is 19.3 Å². The zero-order chi connectivity index (χ0) is 18.7. The SMILES string of the molecule is CCS(=O)(=O)N1CCCC(C(=O)N(C)Cc2nc(-c3cccs3)no2)C1. The lowest BCUT2D eigenvalue weighted by Gasteiger charge is -2.32. The highest BCUT2D eigenvalue weighted by molar-refractivity contribution is 7.89. The van der Waals surface area contributed by atoms with Crippen molar-refractivity contribution in [1.29, 1.82) is 0 Å². The van der Waals surface area contributed by atoms with Crippen LogP contribution in [0.5, 0.6) is 0 Å². The molecule has 1 atom stereocenters. The summed E-state index contributed by atoms with van der Waals surface area (Å²) in [6.45, 7) is 2.54. The van der Waals surface area contributed by atoms with Gasteiger partial charge >= 0.3 is 0 Å². The third kappa shape index (κ3) is 4.13. The quantitative estimate of drug-likeness (QED) is 0.736. The molecule has 142 valence electrons. The van der Waals surface area contributed by atoms with Crippen LogP contribution in [0.15, 0.2) is 22.0 Å². The zero-order valence-electron chi connectivity index (χ0n) is 14.8. The van der Waals surface area contributed by atoms with E-state index >= 15 is 0 Å². The lowest BCUT2D eigenvalue weighted by Crippen LogP contribution is -2.46. The second-order valence-corrected chi connectivity index (χ2v) is 9.49. The normalized spacial score (nSPS) is 18.8. The van der Waals surface area contributed by atoms with Crippen molar-refractivity contribution in [3.05, 3.63) is 23.4 Å². The first kappa shape index (κ1) is 19.0. The summed E-state index contributed by atoms with van der Waals surface area (Å²) in [5, 5.41) is 5.87. The first-order chi connectivity index (χ1) is 12.4. The average molecular weight is 399 g/mol. The molecule has 26 heavy (non-hydrogen) atoms. The minimum absolute atomic E-state index is 0.0528. The minimum Gasteiger partial charge on any atom is -0.337 e. The van der Waals surface area contributed by atoms with Gasteiger partial charge in [-0.25, -0.2) is 12.7 Å². The van der Waals surface area contributed by atoms with Gasteiger partial charge in [-0.05, 0) is 31.2 Å². The summed E-state index contributed by atoms with van der Waals surface area (Å²) >= 11 is 1.51. The molecule has 0 radical (unpaired) electrons. The number of hydrogen-bond donors (Lipinski definition) is 0. The van der Waals surface area contributed by atoms with E-state index in [4.69, 9.17) is 4.52 Å². The summed E-state index contributed by atoms with van der Waals surface area (Å²) < 4.78 is 30.8. The van der Waals surface area contributed by atoms with Crippen LogP contribution in [0.1, 0.15) is 25.7 Å². The Morgan fingerprint density at radius 2 is 2.31 bits per heavy atom. The van der Waals surface area contributed by atoms with Crippen LogP contribution in [0, 0.1) is 5.92 Å². The maximum absolute atomic E-state index is 12.7. The van der Waals surface area contributed by atoms with Gasteiger partial charge in [0, 0.05) is 20.1 Å². The van der Waals surface area contributed by atoms with Gasteiger partial charge in [0.15, 0.2) is 0 Å². The fourth-order valence-electron chi connectivity index (χ4n) is 3.00. The average Bonchev–Trinajstić information content (AvgIpc) is 3.32. The van der Waals surface area contributed by atoms with Crippen molar-refractivity contribution in [2.75, 3.05) is 25.9 Å². The Morgan fingerprint density at radius 1 is 1.50 bits per heavy atom. The molecule has 8 nitrogen and oxygen atoms in total. The van der Waals surface area contributed by atoms with Gasteiger partial charge in [-0.3, -0.25) is 4.79 Å². The molecule has 2 aromatic heterocycles. The molecule has 1 fully saturated rings. The highest BCUT2D eigenvalue weighted by atomic mass is 32.2. The van der Waals surface area contributed by atoms with Crippen LogP contribution in [-0.4, -0.2) is 59.6 Å². The van der Waals surface area contributed by atoms with E-state index in [2.05, 4.69) is 10.1 Å². The van der Waals surface area contributed by atoms with E-state index in [-0.39, 0.29) is 30.7 Å². The summed E-state index contributed by atoms with van der Waals surface area (Å²) in [6.07, 6.45) is 1.37. The predicted molar refractivity (Wildman–Crippen MR) is 97.8 cm³/mol. The van der Waals surface area contributed by atoms with Crippen LogP contribution in [0.25, 0.3) is 10.7 Å². The number of sulfonamides is 1. The highest BCUT2D eigenvalue weighted by Crippen LogP contribution is 2.23. The summed E-state index contributed by atoms with van der Waals surface area (Å²) in [6, 6.07) is 3.81. The molecule has 2 aromatic rings. The molecule has 1 amide bonds. The number of amides is 1. The lowest BCUT2D eigenvalue weighted by molar-refractivity contribution is -0.136. The first-order valence-electron chi connectivity index (χ1n) is 8.50. The maximum Gasteiger partial charge on any atom is 0.246 e. The van der Waals surface area contributed by atoms with Crippen molar-refractivity contribution in [3.8, 4) is 10.7 Å². The number of hydrogen-bond acceptors (Lipinski definition) is 7. The molecule has 1 unspecified atom stereocenters. The van der Waals surface area contributed by atoms with Gasteiger partial charge in [0.2, 0.25) is 27.6 Å². The van der Waals surface area contributed by atoms with E-state index in [9.17, 15) is 13.2 Å². The summed E-state index contributed by atoms with van der Waals surface area (Å²) in [5.41, 5.74) is 0. The molecule has 1 saturated heterocycles. The van der Waals surface area contributed by atoms with E-state index in [0.29, 0.717) is 31.1 Å². The number of piperidine rings is 1. The van der Waals surface area contributed by atoms with Gasteiger partial charge in [-0.1, -0.05) is 11.2 Å². The maximum atomic E-state index is 12.7. The van der Waals surface area contributed by atoms with Crippen molar-refractivity contribution in [2.45, 2.75) is 26.3 Å². The molecule has 3 heterocycles. The predicted octanol–water partition coefficient (Wildman–Crippen LogP) is 1.82. The molecule has 0 N–H and O–H groups in total. The second-order valence-electron chi connectivity index (χ2n) is 6.28. The molecule has 0 saturated carbocycles. The van der Waals surface area contributed by atoms with Gasteiger partial charge < -0.3 is 9.42 Å². The molecular weight excluding hydrogens is 376 g/mol. The van der Waals surface area contributed by atoms with Crippen molar-refractivity contribution >= 4 is 27.3 Å². The van der Waals surface area contributed by atoms with Crippen molar-refractivity contribution < 1.29 is 17.7 Å². The Balaban J connectivity index is 1.62. The monoisotopic (exact) mass is 398 g/mol.